The van der Waals surface area contributed by atoms with Crippen molar-refractivity contribution < 1.29 is 13.9 Å². The maximum absolute atomic E-state index is 13.2. The van der Waals surface area contributed by atoms with Crippen molar-refractivity contribution in [2.24, 2.45) is 0 Å². The van der Waals surface area contributed by atoms with Crippen molar-refractivity contribution >= 4 is 22.5 Å². The van der Waals surface area contributed by atoms with Crippen LogP contribution in [0.1, 0.15) is 43.2 Å². The molecular weight excluding hydrogens is 291 g/mol. The molecule has 4 nitrogen and oxygen atoms in total. The average Bonchev–Trinajstić information content (AvgIpc) is 3.02. The van der Waals surface area contributed by atoms with E-state index >= 15 is 0 Å². The summed E-state index contributed by atoms with van der Waals surface area (Å²) in [5.41, 5.74) is 1.06. The van der Waals surface area contributed by atoms with E-state index in [0.717, 1.165) is 17.2 Å². The number of furan rings is 1. The minimum absolute atomic E-state index is 0.221. The minimum Gasteiger partial charge on any atom is -0.458 e. The first kappa shape index (κ1) is 14.2. The summed E-state index contributed by atoms with van der Waals surface area (Å²) in [5.74, 6) is 0.0336. The minimum atomic E-state index is -0.949. The summed E-state index contributed by atoms with van der Waals surface area (Å²) < 4.78 is 22.8. The Hall–Kier alpha value is -1.79. The fourth-order valence-electron chi connectivity index (χ4n) is 2.20. The second-order valence-corrected chi connectivity index (χ2v) is 6.75. The van der Waals surface area contributed by atoms with Crippen molar-refractivity contribution in [3.05, 3.63) is 46.4 Å². The molecule has 1 N–H and O–H groups in total. The molecule has 0 saturated heterocycles. The van der Waals surface area contributed by atoms with Gasteiger partial charge in [-0.1, -0.05) is 25.3 Å². The fourth-order valence-corrected chi connectivity index (χ4v) is 3.06. The van der Waals surface area contributed by atoms with Crippen LogP contribution in [-0.4, -0.2) is 14.7 Å². The van der Waals surface area contributed by atoms with Crippen LogP contribution in [0.4, 0.5) is 4.39 Å². The van der Waals surface area contributed by atoms with Gasteiger partial charge in [-0.25, -0.2) is 4.39 Å². The molecule has 3 rings (SSSR count). The van der Waals surface area contributed by atoms with Crippen molar-refractivity contribution in [3.63, 3.8) is 0 Å². The van der Waals surface area contributed by atoms with Gasteiger partial charge in [0.25, 0.3) is 0 Å². The Labute approximate surface area is 125 Å². The molecule has 2 heterocycles. The van der Waals surface area contributed by atoms with Crippen molar-refractivity contribution in [1.82, 2.24) is 9.59 Å². The van der Waals surface area contributed by atoms with Gasteiger partial charge < -0.3 is 9.52 Å². The lowest BCUT2D eigenvalue weighted by molar-refractivity contribution is 0.193. The summed E-state index contributed by atoms with van der Waals surface area (Å²) in [5, 5.41) is 15.3. The average molecular weight is 306 g/mol. The molecule has 2 aromatic heterocycles. The molecule has 3 aromatic rings. The van der Waals surface area contributed by atoms with Crippen LogP contribution >= 0.6 is 11.5 Å². The van der Waals surface area contributed by atoms with Crippen LogP contribution in [0, 0.1) is 5.82 Å². The summed E-state index contributed by atoms with van der Waals surface area (Å²) >= 11 is 1.15. The van der Waals surface area contributed by atoms with Crippen LogP contribution in [0.25, 0.3) is 11.0 Å². The van der Waals surface area contributed by atoms with Gasteiger partial charge in [0.2, 0.25) is 0 Å². The quantitative estimate of drug-likeness (QED) is 0.782. The third-order valence-electron chi connectivity index (χ3n) is 3.24. The third kappa shape index (κ3) is 2.56. The molecule has 0 spiro atoms. The highest BCUT2D eigenvalue weighted by molar-refractivity contribution is 7.05. The van der Waals surface area contributed by atoms with Gasteiger partial charge in [-0.3, -0.25) is 0 Å². The predicted octanol–water partition coefficient (Wildman–Crippen LogP) is 3.80. The molecule has 0 fully saturated rings. The predicted molar refractivity (Wildman–Crippen MR) is 78.8 cm³/mol. The first-order chi connectivity index (χ1) is 9.86. The Kier molecular flexibility index (Phi) is 3.30. The zero-order valence-corrected chi connectivity index (χ0v) is 12.7. The molecule has 0 radical (unpaired) electrons. The number of aromatic nitrogens is 2. The summed E-state index contributed by atoms with van der Waals surface area (Å²) in [6.45, 7) is 6.02. The lowest BCUT2D eigenvalue weighted by atomic mass is 9.90. The molecule has 0 aliphatic heterocycles. The molecule has 0 bridgehead atoms. The van der Waals surface area contributed by atoms with E-state index < -0.39 is 6.10 Å². The van der Waals surface area contributed by atoms with Crippen LogP contribution in [0.5, 0.6) is 0 Å². The number of nitrogens with zero attached hydrogens (tertiary/aromatic N) is 2. The molecule has 0 saturated carbocycles. The normalized spacial score (nSPS) is 13.8. The van der Waals surface area contributed by atoms with E-state index in [9.17, 15) is 9.50 Å². The van der Waals surface area contributed by atoms with Gasteiger partial charge in [0.1, 0.15) is 23.3 Å². The molecular formula is C15H15FN2O2S. The molecule has 0 amide bonds. The van der Waals surface area contributed by atoms with Crippen molar-refractivity contribution in [2.75, 3.05) is 0 Å². The number of aliphatic hydroxyl groups excluding tert-OH is 1. The summed E-state index contributed by atoms with van der Waals surface area (Å²) in [6, 6.07) is 5.91. The Morgan fingerprint density at radius 1 is 1.29 bits per heavy atom. The number of aliphatic hydroxyl groups is 1. The first-order valence-corrected chi connectivity index (χ1v) is 7.33. The Bertz CT molecular complexity index is 788. The van der Waals surface area contributed by atoms with E-state index in [1.54, 1.807) is 12.1 Å². The zero-order chi connectivity index (χ0) is 15.2. The van der Waals surface area contributed by atoms with E-state index in [1.165, 1.54) is 12.1 Å². The van der Waals surface area contributed by atoms with Crippen molar-refractivity contribution in [3.8, 4) is 0 Å². The SMILES string of the molecule is CC(C)(C)c1nnsc1C(O)c1cc2cc(F)ccc2o1. The molecule has 1 unspecified atom stereocenters. The molecule has 110 valence electrons. The van der Waals surface area contributed by atoms with E-state index in [1.807, 2.05) is 20.8 Å². The largest absolute Gasteiger partial charge is 0.458 e. The zero-order valence-electron chi connectivity index (χ0n) is 11.9. The van der Waals surface area contributed by atoms with Gasteiger partial charge in [-0.05, 0) is 35.8 Å². The van der Waals surface area contributed by atoms with Gasteiger partial charge in [-0.15, -0.1) is 5.10 Å². The molecule has 6 heteroatoms. The van der Waals surface area contributed by atoms with E-state index in [-0.39, 0.29) is 11.2 Å². The highest BCUT2D eigenvalue weighted by Gasteiger charge is 2.28. The topological polar surface area (TPSA) is 59.2 Å². The van der Waals surface area contributed by atoms with Crippen LogP contribution in [0.2, 0.25) is 0 Å². The van der Waals surface area contributed by atoms with Crippen LogP contribution in [0.15, 0.2) is 28.7 Å². The smallest absolute Gasteiger partial charge is 0.149 e. The van der Waals surface area contributed by atoms with E-state index in [4.69, 9.17) is 4.42 Å². The summed E-state index contributed by atoms with van der Waals surface area (Å²) in [4.78, 5) is 0.655. The number of hydrogen-bond acceptors (Lipinski definition) is 5. The monoisotopic (exact) mass is 306 g/mol. The van der Waals surface area contributed by atoms with Gasteiger partial charge in [0.05, 0.1) is 10.6 Å². The van der Waals surface area contributed by atoms with E-state index in [2.05, 4.69) is 9.59 Å². The number of hydrogen-bond donors (Lipinski definition) is 1. The maximum atomic E-state index is 13.2. The second-order valence-electron chi connectivity index (χ2n) is 5.97. The highest BCUT2D eigenvalue weighted by Crippen LogP contribution is 2.35. The maximum Gasteiger partial charge on any atom is 0.149 e. The van der Waals surface area contributed by atoms with Crippen LogP contribution in [0.3, 0.4) is 0 Å². The molecule has 0 aliphatic carbocycles. The van der Waals surface area contributed by atoms with Crippen molar-refractivity contribution in [1.29, 1.82) is 0 Å². The first-order valence-electron chi connectivity index (χ1n) is 6.56. The van der Waals surface area contributed by atoms with Crippen molar-refractivity contribution in [2.45, 2.75) is 32.3 Å². The lowest BCUT2D eigenvalue weighted by Crippen LogP contribution is -2.15. The summed E-state index contributed by atoms with van der Waals surface area (Å²) in [6.07, 6.45) is -0.949. The third-order valence-corrected chi connectivity index (χ3v) is 4.02. The number of benzene rings is 1. The second kappa shape index (κ2) is 4.89. The van der Waals surface area contributed by atoms with E-state index in [0.29, 0.717) is 21.6 Å². The van der Waals surface area contributed by atoms with Gasteiger partial charge in [-0.2, -0.15) is 0 Å². The fraction of sp³-hybridized carbons (Fsp3) is 0.333. The Morgan fingerprint density at radius 2 is 2.05 bits per heavy atom. The number of fused-ring (bicyclic) bond motifs is 1. The number of rotatable bonds is 2. The number of halogens is 1. The van der Waals surface area contributed by atoms with Gasteiger partial charge >= 0.3 is 0 Å². The van der Waals surface area contributed by atoms with Gasteiger partial charge in [0.15, 0.2) is 0 Å². The van der Waals surface area contributed by atoms with Crippen LogP contribution in [-0.2, 0) is 5.41 Å². The highest BCUT2D eigenvalue weighted by atomic mass is 32.1. The lowest BCUT2D eigenvalue weighted by Gasteiger charge is -2.18. The molecule has 1 atom stereocenters. The van der Waals surface area contributed by atoms with Crippen LogP contribution < -0.4 is 0 Å². The van der Waals surface area contributed by atoms with Gasteiger partial charge in [0, 0.05) is 10.8 Å². The standard InChI is InChI=1S/C15H15FN2O2S/c1-15(2,3)14-13(21-18-17-14)12(19)11-7-8-6-9(16)4-5-10(8)20-11/h4-7,12,19H,1-3H3. The molecule has 1 aromatic carbocycles. The summed E-state index contributed by atoms with van der Waals surface area (Å²) in [7, 11) is 0. The Balaban J connectivity index is 2.04. The molecule has 0 aliphatic rings. The molecule has 21 heavy (non-hydrogen) atoms. The Morgan fingerprint density at radius 3 is 2.76 bits per heavy atom.